The predicted molar refractivity (Wildman–Crippen MR) is 87.8 cm³/mol. The summed E-state index contributed by atoms with van der Waals surface area (Å²) in [5, 5.41) is 12.9. The Morgan fingerprint density at radius 2 is 1.87 bits per heavy atom. The van der Waals surface area contributed by atoms with Gasteiger partial charge in [-0.15, -0.1) is 0 Å². The third-order valence-electron chi connectivity index (χ3n) is 5.32. The second-order valence-electron chi connectivity index (χ2n) is 6.86. The van der Waals surface area contributed by atoms with Crippen molar-refractivity contribution < 1.29 is 9.59 Å². The van der Waals surface area contributed by atoms with Crippen LogP contribution in [-0.4, -0.2) is 18.2 Å². The molecule has 2 aliphatic carbocycles. The zero-order valence-electron chi connectivity index (χ0n) is 13.0. The van der Waals surface area contributed by atoms with Crippen LogP contribution >= 0.6 is 0 Å². The van der Waals surface area contributed by atoms with Crippen molar-refractivity contribution in [2.24, 2.45) is 16.6 Å². The van der Waals surface area contributed by atoms with E-state index in [1.165, 1.54) is 0 Å². The Kier molecular flexibility index (Phi) is 3.83. The Labute approximate surface area is 135 Å². The van der Waals surface area contributed by atoms with Crippen molar-refractivity contribution in [1.29, 1.82) is 5.41 Å². The van der Waals surface area contributed by atoms with Crippen molar-refractivity contribution in [3.8, 4) is 0 Å². The number of aldehydes is 1. The number of nitrogens with one attached hydrogen (secondary N) is 3. The third-order valence-corrected chi connectivity index (χ3v) is 5.32. The fourth-order valence-electron chi connectivity index (χ4n) is 3.89. The van der Waals surface area contributed by atoms with E-state index in [0.717, 1.165) is 43.2 Å². The van der Waals surface area contributed by atoms with E-state index in [1.54, 1.807) is 0 Å². The molecule has 1 aromatic carbocycles. The molecule has 6 nitrogen and oxygen atoms in total. The van der Waals surface area contributed by atoms with E-state index in [9.17, 15) is 9.59 Å². The van der Waals surface area contributed by atoms with Crippen LogP contribution in [0.4, 0.5) is 5.69 Å². The number of anilines is 1. The number of carbonyl (C=O) groups excluding carboxylic acids is 2. The number of hydrogen-bond donors (Lipinski definition) is 4. The van der Waals surface area contributed by atoms with Gasteiger partial charge in [0.05, 0.1) is 5.41 Å². The number of rotatable bonds is 5. The van der Waals surface area contributed by atoms with Crippen LogP contribution in [0, 0.1) is 16.2 Å². The van der Waals surface area contributed by atoms with Gasteiger partial charge in [0.2, 0.25) is 5.91 Å². The van der Waals surface area contributed by atoms with E-state index in [1.807, 2.05) is 24.3 Å². The van der Waals surface area contributed by atoms with Crippen LogP contribution in [0.25, 0.3) is 0 Å². The van der Waals surface area contributed by atoms with Gasteiger partial charge < -0.3 is 21.2 Å². The lowest BCUT2D eigenvalue weighted by Gasteiger charge is -2.25. The van der Waals surface area contributed by atoms with Gasteiger partial charge in [-0.3, -0.25) is 10.2 Å². The molecule has 2 saturated carbocycles. The number of amides is 1. The maximum atomic E-state index is 12.7. The highest BCUT2D eigenvalue weighted by molar-refractivity contribution is 5.96. The topological polar surface area (TPSA) is 108 Å². The number of guanidine groups is 1. The molecule has 0 saturated heterocycles. The summed E-state index contributed by atoms with van der Waals surface area (Å²) in [7, 11) is 0. The van der Waals surface area contributed by atoms with Crippen LogP contribution in [0.2, 0.25) is 0 Å². The predicted octanol–water partition coefficient (Wildman–Crippen LogP) is 1.76. The van der Waals surface area contributed by atoms with Gasteiger partial charge in [-0.2, -0.15) is 0 Å². The second-order valence-corrected chi connectivity index (χ2v) is 6.86. The van der Waals surface area contributed by atoms with Crippen LogP contribution in [0.15, 0.2) is 24.3 Å². The first-order valence-corrected chi connectivity index (χ1v) is 7.92. The van der Waals surface area contributed by atoms with E-state index in [2.05, 4.69) is 10.6 Å². The minimum atomic E-state index is -0.365. The molecule has 2 bridgehead atoms. The molecule has 6 heteroatoms. The molecule has 0 atom stereocenters. The molecule has 122 valence electrons. The van der Waals surface area contributed by atoms with Gasteiger partial charge in [0.15, 0.2) is 5.96 Å². The van der Waals surface area contributed by atoms with Crippen molar-refractivity contribution in [2.75, 3.05) is 5.32 Å². The van der Waals surface area contributed by atoms with Crippen LogP contribution in [0.1, 0.15) is 37.7 Å². The van der Waals surface area contributed by atoms with Crippen molar-refractivity contribution >= 4 is 23.8 Å². The maximum absolute atomic E-state index is 12.7. The standard InChI is InChI=1S/C17H22N4O2/c18-15(19)20-9-12-1-3-13(4-2-12)21-14(23)17-7-5-16(10-17,11-22)6-8-17/h1-4,11H,5-10H2,(H,21,23)(H4,18,19,20). The zero-order valence-corrected chi connectivity index (χ0v) is 13.0. The Bertz CT molecular complexity index is 630. The van der Waals surface area contributed by atoms with Gasteiger partial charge in [-0.1, -0.05) is 12.1 Å². The van der Waals surface area contributed by atoms with E-state index >= 15 is 0 Å². The lowest BCUT2D eigenvalue weighted by Crippen LogP contribution is -2.32. The average molecular weight is 314 g/mol. The highest BCUT2D eigenvalue weighted by Crippen LogP contribution is 2.60. The SMILES string of the molecule is N=C(N)NCc1ccc(NC(=O)C23CCC(C=O)(CC2)C3)cc1. The molecule has 0 unspecified atom stereocenters. The minimum absolute atomic E-state index is 0.0355. The molecule has 0 aromatic heterocycles. The van der Waals surface area contributed by atoms with E-state index in [0.29, 0.717) is 13.0 Å². The molecule has 5 N–H and O–H groups in total. The summed E-state index contributed by atoms with van der Waals surface area (Å²) in [5.74, 6) is -0.0315. The summed E-state index contributed by atoms with van der Waals surface area (Å²) in [4.78, 5) is 24.0. The van der Waals surface area contributed by atoms with Crippen molar-refractivity contribution in [3.05, 3.63) is 29.8 Å². The van der Waals surface area contributed by atoms with Gasteiger partial charge in [0, 0.05) is 17.6 Å². The Hall–Kier alpha value is -2.37. The van der Waals surface area contributed by atoms with Crippen LogP contribution in [0.5, 0.6) is 0 Å². The van der Waals surface area contributed by atoms with Gasteiger partial charge in [0.25, 0.3) is 0 Å². The molecule has 0 radical (unpaired) electrons. The molecule has 2 aliphatic rings. The fourth-order valence-corrected chi connectivity index (χ4v) is 3.89. The van der Waals surface area contributed by atoms with E-state index in [-0.39, 0.29) is 22.7 Å². The summed E-state index contributed by atoms with van der Waals surface area (Å²) >= 11 is 0. The smallest absolute Gasteiger partial charge is 0.230 e. The molecule has 1 aromatic rings. The Morgan fingerprint density at radius 3 is 2.39 bits per heavy atom. The Morgan fingerprint density at radius 1 is 1.22 bits per heavy atom. The van der Waals surface area contributed by atoms with E-state index < -0.39 is 0 Å². The van der Waals surface area contributed by atoms with Crippen LogP contribution in [-0.2, 0) is 16.1 Å². The van der Waals surface area contributed by atoms with Gasteiger partial charge in [-0.05, 0) is 49.8 Å². The minimum Gasteiger partial charge on any atom is -0.370 e. The molecular formula is C17H22N4O2. The first kappa shape index (κ1) is 15.5. The van der Waals surface area contributed by atoms with Crippen molar-refractivity contribution in [1.82, 2.24) is 5.32 Å². The molecule has 0 aliphatic heterocycles. The molecule has 0 heterocycles. The number of carbonyl (C=O) groups is 2. The summed E-state index contributed by atoms with van der Waals surface area (Å²) in [6, 6.07) is 7.48. The molecule has 1 amide bonds. The fraction of sp³-hybridized carbons (Fsp3) is 0.471. The first-order valence-electron chi connectivity index (χ1n) is 7.92. The highest BCUT2D eigenvalue weighted by atomic mass is 16.2. The molecule has 3 rings (SSSR count). The second kappa shape index (κ2) is 5.68. The summed E-state index contributed by atoms with van der Waals surface area (Å²) in [5.41, 5.74) is 6.38. The quantitative estimate of drug-likeness (QED) is 0.377. The highest BCUT2D eigenvalue weighted by Gasteiger charge is 2.57. The zero-order chi connectivity index (χ0) is 16.5. The number of fused-ring (bicyclic) bond motifs is 2. The van der Waals surface area contributed by atoms with Crippen molar-refractivity contribution in [3.63, 3.8) is 0 Å². The molecule has 23 heavy (non-hydrogen) atoms. The van der Waals surface area contributed by atoms with Gasteiger partial charge >= 0.3 is 0 Å². The van der Waals surface area contributed by atoms with Crippen LogP contribution < -0.4 is 16.4 Å². The Balaban J connectivity index is 1.62. The lowest BCUT2D eigenvalue weighted by molar-refractivity contribution is -0.125. The summed E-state index contributed by atoms with van der Waals surface area (Å²) in [6.07, 6.45) is 5.03. The monoisotopic (exact) mass is 314 g/mol. The van der Waals surface area contributed by atoms with Gasteiger partial charge in [0.1, 0.15) is 6.29 Å². The number of nitrogens with two attached hydrogens (primary N) is 1. The summed E-state index contributed by atoms with van der Waals surface area (Å²) < 4.78 is 0. The normalized spacial score (nSPS) is 28.3. The lowest BCUT2D eigenvalue weighted by atomic mass is 9.82. The number of hydrogen-bond acceptors (Lipinski definition) is 3. The summed E-state index contributed by atoms with van der Waals surface area (Å²) in [6.45, 7) is 0.481. The molecule has 0 spiro atoms. The molecule has 2 fully saturated rings. The molecular weight excluding hydrogens is 292 g/mol. The number of benzene rings is 1. The maximum Gasteiger partial charge on any atom is 0.230 e. The van der Waals surface area contributed by atoms with Crippen molar-refractivity contribution in [2.45, 2.75) is 38.6 Å². The van der Waals surface area contributed by atoms with Gasteiger partial charge in [-0.25, -0.2) is 0 Å². The largest absolute Gasteiger partial charge is 0.370 e. The third kappa shape index (κ3) is 2.93. The van der Waals surface area contributed by atoms with E-state index in [4.69, 9.17) is 11.1 Å². The van der Waals surface area contributed by atoms with Crippen LogP contribution in [0.3, 0.4) is 0 Å². The average Bonchev–Trinajstić information content (AvgIpc) is 3.12. The first-order chi connectivity index (χ1) is 11.0.